The number of para-hydroxylation sites is 1. The van der Waals surface area contributed by atoms with Crippen molar-refractivity contribution in [2.75, 3.05) is 0 Å². The number of fused-ring (bicyclic) bond motifs is 1. The first-order valence-electron chi connectivity index (χ1n) is 4.96. The Morgan fingerprint density at radius 2 is 1.93 bits per heavy atom. The zero-order valence-corrected chi connectivity index (χ0v) is 8.91. The Labute approximate surface area is 89.2 Å². The maximum atomic E-state index is 8.72. The lowest BCUT2D eigenvalue weighted by molar-refractivity contribution is 1.09. The van der Waals surface area contributed by atoms with Crippen molar-refractivity contribution in [2.24, 2.45) is 0 Å². The molecule has 0 bridgehead atoms. The first-order chi connectivity index (χ1) is 7.24. The van der Waals surface area contributed by atoms with Crippen molar-refractivity contribution >= 4 is 10.9 Å². The number of nitriles is 1. The number of benzene rings is 1. The highest BCUT2D eigenvalue weighted by atomic mass is 14.7. The fraction of sp³-hybridized carbons (Fsp3) is 0.231. The van der Waals surface area contributed by atoms with E-state index in [9.17, 15) is 0 Å². The third kappa shape index (κ3) is 1.57. The van der Waals surface area contributed by atoms with E-state index in [0.717, 1.165) is 16.8 Å². The van der Waals surface area contributed by atoms with E-state index in [0.29, 0.717) is 6.42 Å². The minimum absolute atomic E-state index is 0.386. The highest BCUT2D eigenvalue weighted by molar-refractivity contribution is 5.83. The van der Waals surface area contributed by atoms with Crippen LogP contribution in [0.2, 0.25) is 0 Å². The standard InChI is InChI=1S/C13H12N2/c1-9-10(2)12(7-8-14)15-13-6-4-3-5-11(9)13/h3-6H,7H2,1-2H3. The van der Waals surface area contributed by atoms with Crippen LogP contribution in [0.3, 0.4) is 0 Å². The molecule has 0 amide bonds. The molecule has 0 aliphatic rings. The molecular formula is C13H12N2. The van der Waals surface area contributed by atoms with Crippen molar-refractivity contribution in [3.63, 3.8) is 0 Å². The maximum Gasteiger partial charge on any atom is 0.0777 e. The predicted octanol–water partition coefficient (Wildman–Crippen LogP) is 2.92. The van der Waals surface area contributed by atoms with E-state index in [4.69, 9.17) is 5.26 Å². The SMILES string of the molecule is Cc1c(CC#N)nc2ccccc2c1C. The van der Waals surface area contributed by atoms with E-state index >= 15 is 0 Å². The van der Waals surface area contributed by atoms with E-state index in [1.165, 1.54) is 10.9 Å². The van der Waals surface area contributed by atoms with Crippen LogP contribution < -0.4 is 0 Å². The van der Waals surface area contributed by atoms with Crippen molar-refractivity contribution in [3.8, 4) is 6.07 Å². The number of nitrogens with zero attached hydrogens (tertiary/aromatic N) is 2. The first-order valence-corrected chi connectivity index (χ1v) is 4.96. The largest absolute Gasteiger partial charge is 0.251 e. The van der Waals surface area contributed by atoms with Gasteiger partial charge in [0.05, 0.1) is 23.7 Å². The smallest absolute Gasteiger partial charge is 0.0777 e. The third-order valence-electron chi connectivity index (χ3n) is 2.81. The first kappa shape index (κ1) is 9.67. The summed E-state index contributed by atoms with van der Waals surface area (Å²) < 4.78 is 0. The molecule has 1 heterocycles. The molecule has 2 rings (SSSR count). The highest BCUT2D eigenvalue weighted by Crippen LogP contribution is 2.21. The molecule has 0 N–H and O–H groups in total. The van der Waals surface area contributed by atoms with Crippen LogP contribution in [0.5, 0.6) is 0 Å². The van der Waals surface area contributed by atoms with Gasteiger partial charge < -0.3 is 0 Å². The zero-order chi connectivity index (χ0) is 10.8. The molecule has 0 saturated carbocycles. The van der Waals surface area contributed by atoms with Gasteiger partial charge in [-0.3, -0.25) is 4.98 Å². The Morgan fingerprint density at radius 3 is 2.67 bits per heavy atom. The van der Waals surface area contributed by atoms with Crippen LogP contribution in [0.15, 0.2) is 24.3 Å². The molecule has 15 heavy (non-hydrogen) atoms. The van der Waals surface area contributed by atoms with Crippen molar-refractivity contribution < 1.29 is 0 Å². The molecule has 0 aliphatic heterocycles. The van der Waals surface area contributed by atoms with E-state index in [2.05, 4.69) is 24.0 Å². The molecule has 1 aromatic heterocycles. The number of rotatable bonds is 1. The topological polar surface area (TPSA) is 36.7 Å². The molecule has 0 radical (unpaired) electrons. The van der Waals surface area contributed by atoms with Crippen LogP contribution in [0, 0.1) is 25.2 Å². The minimum Gasteiger partial charge on any atom is -0.251 e. The number of aryl methyl sites for hydroxylation is 1. The number of hydrogen-bond acceptors (Lipinski definition) is 2. The molecule has 0 unspecified atom stereocenters. The van der Waals surface area contributed by atoms with Crippen LogP contribution in [-0.2, 0) is 6.42 Å². The summed E-state index contributed by atoms with van der Waals surface area (Å²) in [7, 11) is 0. The molecular weight excluding hydrogens is 184 g/mol. The zero-order valence-electron chi connectivity index (χ0n) is 8.91. The van der Waals surface area contributed by atoms with Gasteiger partial charge in [0.1, 0.15) is 0 Å². The lowest BCUT2D eigenvalue weighted by Gasteiger charge is -2.08. The van der Waals surface area contributed by atoms with Gasteiger partial charge in [-0.25, -0.2) is 0 Å². The van der Waals surface area contributed by atoms with E-state index in [-0.39, 0.29) is 0 Å². The molecule has 0 saturated heterocycles. The van der Waals surface area contributed by atoms with Crippen LogP contribution in [-0.4, -0.2) is 4.98 Å². The van der Waals surface area contributed by atoms with Gasteiger partial charge >= 0.3 is 0 Å². The fourth-order valence-corrected chi connectivity index (χ4v) is 1.78. The second-order valence-corrected chi connectivity index (χ2v) is 3.66. The minimum atomic E-state index is 0.386. The molecule has 0 fully saturated rings. The van der Waals surface area contributed by atoms with Gasteiger partial charge in [-0.15, -0.1) is 0 Å². The molecule has 2 heteroatoms. The summed E-state index contributed by atoms with van der Waals surface area (Å²) in [5.74, 6) is 0. The average molecular weight is 196 g/mol. The quantitative estimate of drug-likeness (QED) is 0.703. The number of pyridine rings is 1. The molecule has 0 atom stereocenters. The summed E-state index contributed by atoms with van der Waals surface area (Å²) in [5, 5.41) is 9.89. The lowest BCUT2D eigenvalue weighted by atomic mass is 10.0. The Kier molecular flexibility index (Phi) is 2.39. The summed E-state index contributed by atoms with van der Waals surface area (Å²) >= 11 is 0. The second kappa shape index (κ2) is 3.70. The van der Waals surface area contributed by atoms with Gasteiger partial charge in [-0.05, 0) is 31.0 Å². The van der Waals surface area contributed by atoms with E-state index in [1.807, 2.05) is 25.1 Å². The van der Waals surface area contributed by atoms with Gasteiger partial charge in [-0.1, -0.05) is 18.2 Å². The summed E-state index contributed by atoms with van der Waals surface area (Å²) in [6, 6.07) is 10.2. The van der Waals surface area contributed by atoms with Crippen molar-refractivity contribution in [1.82, 2.24) is 4.98 Å². The van der Waals surface area contributed by atoms with E-state index in [1.54, 1.807) is 0 Å². The predicted molar refractivity (Wildman–Crippen MR) is 60.5 cm³/mol. The van der Waals surface area contributed by atoms with Crippen molar-refractivity contribution in [2.45, 2.75) is 20.3 Å². The van der Waals surface area contributed by atoms with Crippen molar-refractivity contribution in [1.29, 1.82) is 5.26 Å². The molecule has 0 aliphatic carbocycles. The monoisotopic (exact) mass is 196 g/mol. The maximum absolute atomic E-state index is 8.72. The molecule has 2 aromatic rings. The lowest BCUT2D eigenvalue weighted by Crippen LogP contribution is -1.97. The van der Waals surface area contributed by atoms with Crippen LogP contribution in [0.4, 0.5) is 0 Å². The highest BCUT2D eigenvalue weighted by Gasteiger charge is 2.07. The summed E-state index contributed by atoms with van der Waals surface area (Å²) in [5.41, 5.74) is 4.24. The molecule has 74 valence electrons. The summed E-state index contributed by atoms with van der Waals surface area (Å²) in [4.78, 5) is 4.50. The number of hydrogen-bond donors (Lipinski definition) is 0. The van der Waals surface area contributed by atoms with Crippen molar-refractivity contribution in [3.05, 3.63) is 41.1 Å². The van der Waals surface area contributed by atoms with Crippen LogP contribution >= 0.6 is 0 Å². The van der Waals surface area contributed by atoms with Crippen LogP contribution in [0.25, 0.3) is 10.9 Å². The normalized spacial score (nSPS) is 10.2. The third-order valence-corrected chi connectivity index (χ3v) is 2.81. The average Bonchev–Trinajstić information content (AvgIpc) is 2.26. The van der Waals surface area contributed by atoms with Gasteiger partial charge in [0.15, 0.2) is 0 Å². The van der Waals surface area contributed by atoms with Crippen LogP contribution in [0.1, 0.15) is 16.8 Å². The Bertz CT molecular complexity index is 550. The van der Waals surface area contributed by atoms with E-state index < -0.39 is 0 Å². The summed E-state index contributed by atoms with van der Waals surface area (Å²) in [6.07, 6.45) is 0.386. The van der Waals surface area contributed by atoms with Gasteiger partial charge in [0.25, 0.3) is 0 Å². The molecule has 1 aromatic carbocycles. The summed E-state index contributed by atoms with van der Waals surface area (Å²) in [6.45, 7) is 4.11. The Balaban J connectivity index is 2.78. The Hall–Kier alpha value is -1.88. The fourth-order valence-electron chi connectivity index (χ4n) is 1.78. The Morgan fingerprint density at radius 1 is 1.20 bits per heavy atom. The molecule has 0 spiro atoms. The second-order valence-electron chi connectivity index (χ2n) is 3.66. The molecule has 2 nitrogen and oxygen atoms in total. The van der Waals surface area contributed by atoms with Gasteiger partial charge in [-0.2, -0.15) is 5.26 Å². The number of aromatic nitrogens is 1. The van der Waals surface area contributed by atoms with Gasteiger partial charge in [0, 0.05) is 5.39 Å². The van der Waals surface area contributed by atoms with Gasteiger partial charge in [0.2, 0.25) is 0 Å².